The van der Waals surface area contributed by atoms with E-state index < -0.39 is 6.10 Å². The molecule has 1 aliphatic rings. The van der Waals surface area contributed by atoms with Gasteiger partial charge in [0.1, 0.15) is 6.10 Å². The van der Waals surface area contributed by atoms with Crippen LogP contribution in [0.3, 0.4) is 0 Å². The second-order valence-electron chi connectivity index (χ2n) is 5.68. The number of rotatable bonds is 5. The van der Waals surface area contributed by atoms with E-state index in [1.807, 2.05) is 10.7 Å². The van der Waals surface area contributed by atoms with Crippen LogP contribution in [-0.4, -0.2) is 14.9 Å². The molecule has 2 aromatic rings. The summed E-state index contributed by atoms with van der Waals surface area (Å²) in [5.41, 5.74) is 3.24. The summed E-state index contributed by atoms with van der Waals surface area (Å²) in [6.07, 6.45) is 6.17. The van der Waals surface area contributed by atoms with Gasteiger partial charge in [-0.05, 0) is 42.4 Å². The van der Waals surface area contributed by atoms with Crippen LogP contribution in [0.15, 0.2) is 36.5 Å². The Morgan fingerprint density at radius 1 is 1.25 bits per heavy atom. The van der Waals surface area contributed by atoms with Crippen molar-refractivity contribution in [2.75, 3.05) is 0 Å². The Kier molecular flexibility index (Phi) is 3.88. The first-order valence-electron chi connectivity index (χ1n) is 7.59. The molecule has 1 aromatic heterocycles. The molecule has 1 unspecified atom stereocenters. The van der Waals surface area contributed by atoms with Crippen molar-refractivity contribution in [3.05, 3.63) is 53.3 Å². The van der Waals surface area contributed by atoms with Gasteiger partial charge in [0.25, 0.3) is 0 Å². The highest BCUT2D eigenvalue weighted by molar-refractivity contribution is 5.31. The molecule has 0 radical (unpaired) electrons. The van der Waals surface area contributed by atoms with Crippen LogP contribution in [0.5, 0.6) is 0 Å². The van der Waals surface area contributed by atoms with Crippen LogP contribution in [-0.2, 0) is 6.54 Å². The van der Waals surface area contributed by atoms with Gasteiger partial charge in [-0.1, -0.05) is 37.6 Å². The number of aliphatic hydroxyl groups excluding tert-OH is 1. The quantitative estimate of drug-likeness (QED) is 0.900. The third-order valence-corrected chi connectivity index (χ3v) is 4.29. The largest absolute Gasteiger partial charge is 0.382 e. The van der Waals surface area contributed by atoms with Crippen molar-refractivity contribution < 1.29 is 5.11 Å². The highest BCUT2D eigenvalue weighted by Gasteiger charge is 2.20. The van der Waals surface area contributed by atoms with E-state index in [9.17, 15) is 5.11 Å². The van der Waals surface area contributed by atoms with Crippen molar-refractivity contribution in [1.82, 2.24) is 9.78 Å². The van der Waals surface area contributed by atoms with Crippen LogP contribution < -0.4 is 0 Å². The van der Waals surface area contributed by atoms with Gasteiger partial charge in [0.2, 0.25) is 0 Å². The average Bonchev–Trinajstić information content (AvgIpc) is 2.86. The van der Waals surface area contributed by atoms with Crippen LogP contribution in [0.25, 0.3) is 0 Å². The summed E-state index contributed by atoms with van der Waals surface area (Å²) in [5, 5.41) is 14.8. The van der Waals surface area contributed by atoms with E-state index in [4.69, 9.17) is 0 Å². The fraction of sp³-hybridized carbons (Fsp3) is 0.471. The minimum atomic E-state index is -0.584. The number of aromatic nitrogens is 2. The summed E-state index contributed by atoms with van der Waals surface area (Å²) in [5.74, 6) is 0.742. The van der Waals surface area contributed by atoms with E-state index in [0.29, 0.717) is 0 Å². The van der Waals surface area contributed by atoms with Crippen molar-refractivity contribution in [3.63, 3.8) is 0 Å². The van der Waals surface area contributed by atoms with Crippen LogP contribution in [0.2, 0.25) is 0 Å². The van der Waals surface area contributed by atoms with Crippen LogP contribution in [0.1, 0.15) is 61.4 Å². The minimum Gasteiger partial charge on any atom is -0.382 e. The number of hydrogen-bond donors (Lipinski definition) is 1. The van der Waals surface area contributed by atoms with E-state index in [0.717, 1.165) is 30.1 Å². The standard InChI is InChI=1S/C17H22N2O/c1-2-12-19-16(10-11-18-19)17(20)15-8-6-14(7-9-15)13-4-3-5-13/h6-11,13,17,20H,2-5,12H2,1H3. The summed E-state index contributed by atoms with van der Waals surface area (Å²) in [6.45, 7) is 2.96. The minimum absolute atomic E-state index is 0.584. The highest BCUT2D eigenvalue weighted by Crippen LogP contribution is 2.36. The lowest BCUT2D eigenvalue weighted by Gasteiger charge is -2.26. The van der Waals surface area contributed by atoms with Gasteiger partial charge in [-0.25, -0.2) is 0 Å². The number of nitrogens with zero attached hydrogens (tertiary/aromatic N) is 2. The maximum absolute atomic E-state index is 10.5. The number of aryl methyl sites for hydroxylation is 1. The molecule has 106 valence electrons. The molecule has 0 spiro atoms. The zero-order valence-electron chi connectivity index (χ0n) is 12.0. The molecule has 1 aromatic carbocycles. The second-order valence-corrected chi connectivity index (χ2v) is 5.68. The summed E-state index contributed by atoms with van der Waals surface area (Å²) in [4.78, 5) is 0. The molecule has 3 rings (SSSR count). The van der Waals surface area contributed by atoms with Crippen molar-refractivity contribution in [3.8, 4) is 0 Å². The number of aliphatic hydroxyl groups is 1. The fourth-order valence-electron chi connectivity index (χ4n) is 2.84. The maximum Gasteiger partial charge on any atom is 0.121 e. The fourth-order valence-corrected chi connectivity index (χ4v) is 2.84. The summed E-state index contributed by atoms with van der Waals surface area (Å²) in [6, 6.07) is 10.4. The molecule has 1 N–H and O–H groups in total. The summed E-state index contributed by atoms with van der Waals surface area (Å²) >= 11 is 0. The normalized spacial score (nSPS) is 16.9. The van der Waals surface area contributed by atoms with Crippen molar-refractivity contribution >= 4 is 0 Å². The molecule has 1 heterocycles. The first-order chi connectivity index (χ1) is 9.79. The van der Waals surface area contributed by atoms with Gasteiger partial charge in [0.05, 0.1) is 5.69 Å². The van der Waals surface area contributed by atoms with E-state index in [1.54, 1.807) is 6.20 Å². The van der Waals surface area contributed by atoms with Crippen LogP contribution in [0, 0.1) is 0 Å². The third kappa shape index (κ3) is 2.50. The van der Waals surface area contributed by atoms with Gasteiger partial charge in [-0.3, -0.25) is 4.68 Å². The summed E-state index contributed by atoms with van der Waals surface area (Å²) < 4.78 is 1.89. The van der Waals surface area contributed by atoms with Crippen LogP contribution in [0.4, 0.5) is 0 Å². The SMILES string of the molecule is CCCn1nccc1C(O)c1ccc(C2CCC2)cc1. The Morgan fingerprint density at radius 3 is 2.60 bits per heavy atom. The Bertz CT molecular complexity index is 555. The van der Waals surface area contributed by atoms with Crippen molar-refractivity contribution in [1.29, 1.82) is 0 Å². The summed E-state index contributed by atoms with van der Waals surface area (Å²) in [7, 11) is 0. The topological polar surface area (TPSA) is 38.0 Å². The van der Waals surface area contributed by atoms with Gasteiger partial charge in [0.15, 0.2) is 0 Å². The molecule has 1 fully saturated rings. The van der Waals surface area contributed by atoms with Crippen LogP contribution >= 0.6 is 0 Å². The van der Waals surface area contributed by atoms with Crippen molar-refractivity contribution in [2.45, 2.75) is 51.2 Å². The van der Waals surface area contributed by atoms with Gasteiger partial charge >= 0.3 is 0 Å². The molecule has 0 amide bonds. The first-order valence-corrected chi connectivity index (χ1v) is 7.59. The molecule has 1 saturated carbocycles. The maximum atomic E-state index is 10.5. The Morgan fingerprint density at radius 2 is 2.00 bits per heavy atom. The average molecular weight is 270 g/mol. The zero-order chi connectivity index (χ0) is 13.9. The molecule has 0 aliphatic heterocycles. The lowest BCUT2D eigenvalue weighted by atomic mass is 9.80. The van der Waals surface area contributed by atoms with E-state index in [-0.39, 0.29) is 0 Å². The Hall–Kier alpha value is -1.61. The Balaban J connectivity index is 1.78. The van der Waals surface area contributed by atoms with Gasteiger partial charge < -0.3 is 5.11 Å². The highest BCUT2D eigenvalue weighted by atomic mass is 16.3. The molecular formula is C17H22N2O. The number of hydrogen-bond acceptors (Lipinski definition) is 2. The second kappa shape index (κ2) is 5.80. The molecule has 3 heteroatoms. The molecular weight excluding hydrogens is 248 g/mol. The molecule has 3 nitrogen and oxygen atoms in total. The first kappa shape index (κ1) is 13.4. The zero-order valence-corrected chi connectivity index (χ0v) is 12.0. The lowest BCUT2D eigenvalue weighted by Crippen LogP contribution is -2.11. The van der Waals surface area contributed by atoms with E-state index >= 15 is 0 Å². The molecule has 0 saturated heterocycles. The number of benzene rings is 1. The van der Waals surface area contributed by atoms with Gasteiger partial charge in [-0.15, -0.1) is 0 Å². The smallest absolute Gasteiger partial charge is 0.121 e. The van der Waals surface area contributed by atoms with Gasteiger partial charge in [0, 0.05) is 12.7 Å². The molecule has 0 bridgehead atoms. The molecule has 1 aliphatic carbocycles. The predicted molar refractivity (Wildman–Crippen MR) is 79.6 cm³/mol. The van der Waals surface area contributed by atoms with Gasteiger partial charge in [-0.2, -0.15) is 5.10 Å². The predicted octanol–water partition coefficient (Wildman–Crippen LogP) is 3.64. The third-order valence-electron chi connectivity index (χ3n) is 4.29. The Labute approximate surface area is 120 Å². The van der Waals surface area contributed by atoms with E-state index in [1.165, 1.54) is 24.8 Å². The monoisotopic (exact) mass is 270 g/mol. The lowest BCUT2D eigenvalue weighted by molar-refractivity contribution is 0.207. The van der Waals surface area contributed by atoms with E-state index in [2.05, 4.69) is 36.3 Å². The molecule has 20 heavy (non-hydrogen) atoms. The van der Waals surface area contributed by atoms with Crippen molar-refractivity contribution in [2.24, 2.45) is 0 Å². The molecule has 1 atom stereocenters.